The molecule has 0 unspecified atom stereocenters. The summed E-state index contributed by atoms with van der Waals surface area (Å²) in [6, 6.07) is 3.87. The highest BCUT2D eigenvalue weighted by atomic mass is 16.4. The Bertz CT molecular complexity index is 368. The zero-order valence-electron chi connectivity index (χ0n) is 7.16. The van der Waals surface area contributed by atoms with Gasteiger partial charge in [0.05, 0.1) is 12.5 Å². The second-order valence-electron chi connectivity index (χ2n) is 2.36. The van der Waals surface area contributed by atoms with Crippen LogP contribution in [0.15, 0.2) is 4.42 Å². The first-order valence-electron chi connectivity index (χ1n) is 3.76. The molecule has 5 heteroatoms. The van der Waals surface area contributed by atoms with E-state index in [1.807, 2.05) is 12.1 Å². The van der Waals surface area contributed by atoms with E-state index >= 15 is 0 Å². The van der Waals surface area contributed by atoms with E-state index in [9.17, 15) is 0 Å². The van der Waals surface area contributed by atoms with E-state index < -0.39 is 0 Å². The van der Waals surface area contributed by atoms with Crippen molar-refractivity contribution in [3.8, 4) is 12.1 Å². The van der Waals surface area contributed by atoms with E-state index in [1.54, 1.807) is 6.92 Å². The number of hydrogen-bond acceptors (Lipinski definition) is 5. The van der Waals surface area contributed by atoms with Gasteiger partial charge in [-0.05, 0) is 0 Å². The van der Waals surface area contributed by atoms with Crippen molar-refractivity contribution >= 4 is 5.88 Å². The van der Waals surface area contributed by atoms with E-state index in [1.165, 1.54) is 0 Å². The van der Waals surface area contributed by atoms with Gasteiger partial charge in [0.25, 0.3) is 0 Å². The molecule has 0 aromatic carbocycles. The highest BCUT2D eigenvalue weighted by molar-refractivity contribution is 5.45. The molecule has 0 aliphatic carbocycles. The highest BCUT2D eigenvalue weighted by Crippen LogP contribution is 2.15. The second kappa shape index (κ2) is 4.13. The average Bonchev–Trinajstić information content (AvgIpc) is 2.47. The highest BCUT2D eigenvalue weighted by Gasteiger charge is 2.08. The van der Waals surface area contributed by atoms with Crippen LogP contribution in [0.3, 0.4) is 0 Å². The smallest absolute Gasteiger partial charge is 0.232 e. The molecule has 66 valence electrons. The van der Waals surface area contributed by atoms with Gasteiger partial charge >= 0.3 is 0 Å². The standard InChI is InChI=1S/C8H8N4O/c1-6-12-7(5-10)8(13-6)11-4-2-3-9/h11H,2,4H2,1H3. The lowest BCUT2D eigenvalue weighted by Gasteiger charge is -1.96. The zero-order valence-corrected chi connectivity index (χ0v) is 7.16. The predicted octanol–water partition coefficient (Wildman–Crippen LogP) is 1.18. The van der Waals surface area contributed by atoms with Gasteiger partial charge in [-0.1, -0.05) is 0 Å². The Morgan fingerprint density at radius 1 is 1.54 bits per heavy atom. The van der Waals surface area contributed by atoms with E-state index in [-0.39, 0.29) is 5.69 Å². The van der Waals surface area contributed by atoms with Crippen LogP contribution in [0.1, 0.15) is 18.0 Å². The number of hydrogen-bond donors (Lipinski definition) is 1. The van der Waals surface area contributed by atoms with E-state index in [0.717, 1.165) is 0 Å². The Hall–Kier alpha value is -2.01. The molecule has 0 bridgehead atoms. The minimum absolute atomic E-state index is 0.232. The van der Waals surface area contributed by atoms with Crippen LogP contribution in [-0.2, 0) is 0 Å². The Morgan fingerprint density at radius 2 is 2.31 bits per heavy atom. The maximum Gasteiger partial charge on any atom is 0.232 e. The molecular formula is C8H8N4O. The second-order valence-corrected chi connectivity index (χ2v) is 2.36. The topological polar surface area (TPSA) is 85.6 Å². The van der Waals surface area contributed by atoms with Crippen LogP contribution in [0.2, 0.25) is 0 Å². The van der Waals surface area contributed by atoms with E-state index in [4.69, 9.17) is 14.9 Å². The number of rotatable bonds is 3. The minimum atomic E-state index is 0.232. The van der Waals surface area contributed by atoms with Crippen molar-refractivity contribution in [2.24, 2.45) is 0 Å². The maximum absolute atomic E-state index is 8.61. The summed E-state index contributed by atoms with van der Waals surface area (Å²) >= 11 is 0. The minimum Gasteiger partial charge on any atom is -0.424 e. The third kappa shape index (κ3) is 2.21. The third-order valence-corrected chi connectivity index (χ3v) is 1.36. The van der Waals surface area contributed by atoms with Crippen LogP contribution in [0, 0.1) is 29.6 Å². The lowest BCUT2D eigenvalue weighted by molar-refractivity contribution is 0.533. The molecule has 0 amide bonds. The first-order chi connectivity index (χ1) is 6.27. The summed E-state index contributed by atoms with van der Waals surface area (Å²) in [6.45, 7) is 2.12. The molecular weight excluding hydrogens is 168 g/mol. The van der Waals surface area contributed by atoms with E-state index in [2.05, 4.69) is 10.3 Å². The van der Waals surface area contributed by atoms with Gasteiger partial charge in [0.2, 0.25) is 11.6 Å². The first kappa shape index (κ1) is 9.08. The molecule has 1 heterocycles. The summed E-state index contributed by atoms with van der Waals surface area (Å²) in [5.74, 6) is 0.784. The van der Waals surface area contributed by atoms with Gasteiger partial charge in [0, 0.05) is 13.5 Å². The van der Waals surface area contributed by atoms with Crippen molar-refractivity contribution < 1.29 is 4.42 Å². The Kier molecular flexibility index (Phi) is 2.88. The van der Waals surface area contributed by atoms with Gasteiger partial charge in [-0.3, -0.25) is 0 Å². The SMILES string of the molecule is Cc1nc(C#N)c(NCCC#N)o1. The molecule has 0 fully saturated rings. The molecule has 0 aliphatic heterocycles. The molecule has 0 spiro atoms. The van der Waals surface area contributed by atoms with Crippen LogP contribution in [0.4, 0.5) is 5.88 Å². The van der Waals surface area contributed by atoms with Crippen molar-refractivity contribution in [1.29, 1.82) is 10.5 Å². The summed E-state index contributed by atoms with van der Waals surface area (Å²) in [6.07, 6.45) is 0.366. The van der Waals surface area contributed by atoms with Crippen molar-refractivity contribution in [1.82, 2.24) is 4.98 Å². The average molecular weight is 176 g/mol. The summed E-state index contributed by atoms with van der Waals surface area (Å²) in [4.78, 5) is 3.83. The molecule has 5 nitrogen and oxygen atoms in total. The normalized spacial score (nSPS) is 8.85. The first-order valence-corrected chi connectivity index (χ1v) is 3.76. The van der Waals surface area contributed by atoms with Crippen LogP contribution < -0.4 is 5.32 Å². The van der Waals surface area contributed by atoms with Crippen LogP contribution >= 0.6 is 0 Å². The molecule has 0 saturated carbocycles. The van der Waals surface area contributed by atoms with E-state index in [0.29, 0.717) is 24.7 Å². The van der Waals surface area contributed by atoms with Gasteiger partial charge in [0.1, 0.15) is 6.07 Å². The lowest BCUT2D eigenvalue weighted by Crippen LogP contribution is -2.00. The van der Waals surface area contributed by atoms with Crippen LogP contribution in [-0.4, -0.2) is 11.5 Å². The van der Waals surface area contributed by atoms with Crippen LogP contribution in [0.25, 0.3) is 0 Å². The van der Waals surface area contributed by atoms with Gasteiger partial charge in [-0.25, -0.2) is 4.98 Å². The number of anilines is 1. The largest absolute Gasteiger partial charge is 0.424 e. The fraction of sp³-hybridized carbons (Fsp3) is 0.375. The number of aromatic nitrogens is 1. The maximum atomic E-state index is 8.61. The molecule has 1 rings (SSSR count). The number of nitriles is 2. The van der Waals surface area contributed by atoms with Gasteiger partial charge in [0.15, 0.2) is 5.89 Å². The number of oxazole rings is 1. The fourth-order valence-corrected chi connectivity index (χ4v) is 0.855. The molecule has 1 aromatic heterocycles. The summed E-state index contributed by atoms with van der Waals surface area (Å²) in [7, 11) is 0. The summed E-state index contributed by atoms with van der Waals surface area (Å²) < 4.78 is 5.10. The van der Waals surface area contributed by atoms with Crippen molar-refractivity contribution in [3.05, 3.63) is 11.6 Å². The molecule has 0 saturated heterocycles. The van der Waals surface area contributed by atoms with Crippen molar-refractivity contribution in [2.45, 2.75) is 13.3 Å². The summed E-state index contributed by atoms with van der Waals surface area (Å²) in [5, 5.41) is 19.7. The number of nitrogens with zero attached hydrogens (tertiary/aromatic N) is 3. The van der Waals surface area contributed by atoms with Crippen molar-refractivity contribution in [2.75, 3.05) is 11.9 Å². The molecule has 1 N–H and O–H groups in total. The predicted molar refractivity (Wildman–Crippen MR) is 44.7 cm³/mol. The Balaban J connectivity index is 2.67. The Labute approximate surface area is 75.6 Å². The molecule has 0 radical (unpaired) electrons. The monoisotopic (exact) mass is 176 g/mol. The third-order valence-electron chi connectivity index (χ3n) is 1.36. The Morgan fingerprint density at radius 3 is 2.92 bits per heavy atom. The number of nitrogens with one attached hydrogen (secondary N) is 1. The summed E-state index contributed by atoms with van der Waals surface area (Å²) in [5.41, 5.74) is 0.232. The van der Waals surface area contributed by atoms with Crippen molar-refractivity contribution in [3.63, 3.8) is 0 Å². The number of aryl methyl sites for hydroxylation is 1. The quantitative estimate of drug-likeness (QED) is 0.699. The molecule has 13 heavy (non-hydrogen) atoms. The van der Waals surface area contributed by atoms with Crippen LogP contribution in [0.5, 0.6) is 0 Å². The molecule has 0 aliphatic rings. The zero-order chi connectivity index (χ0) is 9.68. The fourth-order valence-electron chi connectivity index (χ4n) is 0.855. The molecule has 1 aromatic rings. The molecule has 0 atom stereocenters. The van der Waals surface area contributed by atoms with Gasteiger partial charge in [-0.15, -0.1) is 0 Å². The van der Waals surface area contributed by atoms with Gasteiger partial charge in [-0.2, -0.15) is 10.5 Å². The van der Waals surface area contributed by atoms with Gasteiger partial charge < -0.3 is 9.73 Å². The lowest BCUT2D eigenvalue weighted by atomic mass is 10.4.